The Bertz CT molecular complexity index is 171. The first kappa shape index (κ1) is 9.61. The molecule has 5 heteroatoms. The van der Waals surface area contributed by atoms with Crippen LogP contribution in [0.4, 0.5) is 0 Å². The Morgan fingerprint density at radius 2 is 2.18 bits per heavy atom. The lowest BCUT2D eigenvalue weighted by Crippen LogP contribution is -2.23. The minimum absolute atomic E-state index is 0.0345. The van der Waals surface area contributed by atoms with Gasteiger partial charge in [0.25, 0.3) is 0 Å². The van der Waals surface area contributed by atoms with Gasteiger partial charge in [0.2, 0.25) is 0 Å². The maximum atomic E-state index is 10.5. The summed E-state index contributed by atoms with van der Waals surface area (Å²) in [6.45, 7) is 0.446. The van der Waals surface area contributed by atoms with E-state index in [1.807, 2.05) is 0 Å². The average Bonchev–Trinajstić information content (AvgIpc) is 1.97. The number of carbonyl (C=O) groups is 1. The molecule has 0 saturated heterocycles. The predicted octanol–water partition coefficient (Wildman–Crippen LogP) is -0.741. The number of Topliss-reactive ketones (excluding diaryl/α,β-unsaturated/α-hetero) is 1. The lowest BCUT2D eigenvalue weighted by Gasteiger charge is -1.92. The summed E-state index contributed by atoms with van der Waals surface area (Å²) >= 11 is 0. The van der Waals surface area contributed by atoms with Crippen molar-refractivity contribution in [3.05, 3.63) is 0 Å². The molecule has 5 nitrogen and oxygen atoms in total. The van der Waals surface area contributed by atoms with Crippen molar-refractivity contribution in [3.63, 3.8) is 0 Å². The van der Waals surface area contributed by atoms with E-state index in [-0.39, 0.29) is 11.7 Å². The molecule has 5 N–H and O–H groups in total. The third-order valence-corrected chi connectivity index (χ3v) is 1.04. The van der Waals surface area contributed by atoms with Gasteiger partial charge in [0.05, 0.1) is 6.21 Å². The number of nitrogens with two attached hydrogens (primary N) is 2. The highest BCUT2D eigenvalue weighted by molar-refractivity contribution is 6.26. The molecule has 0 aliphatic carbocycles. The van der Waals surface area contributed by atoms with Gasteiger partial charge < -0.3 is 16.9 Å². The molecule has 0 heterocycles. The van der Waals surface area contributed by atoms with E-state index in [1.54, 1.807) is 0 Å². The molecule has 0 saturated carbocycles. The number of nitrogens with zero attached hydrogens (tertiary/aromatic N) is 1. The molecule has 0 aromatic rings. The van der Waals surface area contributed by atoms with Crippen molar-refractivity contribution in [1.82, 2.24) is 0 Å². The molecule has 0 amide bonds. The van der Waals surface area contributed by atoms with Gasteiger partial charge in [0, 0.05) is 13.0 Å². The van der Waals surface area contributed by atoms with Crippen LogP contribution in [0.15, 0.2) is 4.99 Å². The Balaban J connectivity index is 3.35. The summed E-state index contributed by atoms with van der Waals surface area (Å²) in [5.74, 6) is -0.164. The smallest absolute Gasteiger partial charge is 0.185 e. The van der Waals surface area contributed by atoms with Gasteiger partial charge in [-0.05, 0) is 6.42 Å². The molecule has 0 unspecified atom stereocenters. The molecule has 0 aliphatic rings. The van der Waals surface area contributed by atoms with E-state index >= 15 is 0 Å². The molecular weight excluding hydrogens is 144 g/mol. The fourth-order valence-electron chi connectivity index (χ4n) is 0.534. The number of aliphatic imine (C=N–C) groups is 1. The number of carbonyl (C=O) groups excluding carboxylic acids is 1. The number of nitrogens with one attached hydrogen (secondary N) is 1. The Labute approximate surface area is 65.0 Å². The van der Waals surface area contributed by atoms with E-state index in [1.165, 1.54) is 0 Å². The number of hydrogen-bond donors (Lipinski definition) is 3. The van der Waals surface area contributed by atoms with Crippen LogP contribution in [0, 0.1) is 5.41 Å². The largest absolute Gasteiger partial charge is 0.370 e. The molecule has 0 rings (SSSR count). The first-order valence-electron chi connectivity index (χ1n) is 3.25. The third-order valence-electron chi connectivity index (χ3n) is 1.04. The lowest BCUT2D eigenvalue weighted by atomic mass is 10.2. The summed E-state index contributed by atoms with van der Waals surface area (Å²) in [7, 11) is 0. The number of ketones is 1. The predicted molar refractivity (Wildman–Crippen MR) is 43.7 cm³/mol. The molecule has 0 atom stereocenters. The summed E-state index contributed by atoms with van der Waals surface area (Å²) in [4.78, 5) is 14.2. The van der Waals surface area contributed by atoms with Gasteiger partial charge in [-0.2, -0.15) is 0 Å². The minimum Gasteiger partial charge on any atom is -0.370 e. The van der Waals surface area contributed by atoms with Crippen molar-refractivity contribution in [2.24, 2.45) is 16.5 Å². The van der Waals surface area contributed by atoms with Crippen LogP contribution in [-0.2, 0) is 4.79 Å². The standard InChI is InChI=1S/C6H12N4O/c7-4-5(11)2-1-3-10-6(8)9/h4,7H,1-3H2,(H4,8,9,10). The van der Waals surface area contributed by atoms with E-state index in [9.17, 15) is 4.79 Å². The van der Waals surface area contributed by atoms with Gasteiger partial charge >= 0.3 is 0 Å². The molecular formula is C6H12N4O. The van der Waals surface area contributed by atoms with Crippen molar-refractivity contribution < 1.29 is 4.79 Å². The van der Waals surface area contributed by atoms with Crippen LogP contribution >= 0.6 is 0 Å². The van der Waals surface area contributed by atoms with Crippen LogP contribution in [0.25, 0.3) is 0 Å². The lowest BCUT2D eigenvalue weighted by molar-refractivity contribution is -0.112. The topological polar surface area (TPSA) is 105 Å². The van der Waals surface area contributed by atoms with Crippen molar-refractivity contribution >= 4 is 18.0 Å². The monoisotopic (exact) mass is 156 g/mol. The molecule has 0 fully saturated rings. The fraction of sp³-hybridized carbons (Fsp3) is 0.500. The van der Waals surface area contributed by atoms with E-state index in [4.69, 9.17) is 16.9 Å². The summed E-state index contributed by atoms with van der Waals surface area (Å²) in [5.41, 5.74) is 10.1. The molecule has 0 bridgehead atoms. The van der Waals surface area contributed by atoms with Gasteiger partial charge in [0.1, 0.15) is 0 Å². The van der Waals surface area contributed by atoms with E-state index < -0.39 is 0 Å². The highest BCUT2D eigenvalue weighted by atomic mass is 16.1. The zero-order chi connectivity index (χ0) is 8.69. The number of guanidine groups is 1. The molecule has 0 radical (unpaired) electrons. The highest BCUT2D eigenvalue weighted by Crippen LogP contribution is 1.88. The SMILES string of the molecule is N=CC(=O)CCCN=C(N)N. The summed E-state index contributed by atoms with van der Waals surface area (Å²) in [6.07, 6.45) is 1.72. The molecule has 0 aromatic carbocycles. The van der Waals surface area contributed by atoms with E-state index in [0.29, 0.717) is 19.4 Å². The zero-order valence-electron chi connectivity index (χ0n) is 6.21. The van der Waals surface area contributed by atoms with Gasteiger partial charge in [0.15, 0.2) is 11.7 Å². The van der Waals surface area contributed by atoms with Crippen molar-refractivity contribution in [2.75, 3.05) is 6.54 Å². The quantitative estimate of drug-likeness (QED) is 0.277. The molecule has 62 valence electrons. The van der Waals surface area contributed by atoms with Gasteiger partial charge in [-0.3, -0.25) is 9.79 Å². The van der Waals surface area contributed by atoms with E-state index in [0.717, 1.165) is 6.21 Å². The summed E-state index contributed by atoms with van der Waals surface area (Å²) < 4.78 is 0. The summed E-state index contributed by atoms with van der Waals surface area (Å²) in [6, 6.07) is 0. The van der Waals surface area contributed by atoms with Crippen LogP contribution in [0.1, 0.15) is 12.8 Å². The van der Waals surface area contributed by atoms with Crippen molar-refractivity contribution in [1.29, 1.82) is 5.41 Å². The van der Waals surface area contributed by atoms with Crippen LogP contribution in [0.5, 0.6) is 0 Å². The fourth-order valence-corrected chi connectivity index (χ4v) is 0.534. The molecule has 11 heavy (non-hydrogen) atoms. The van der Waals surface area contributed by atoms with E-state index in [2.05, 4.69) is 4.99 Å². The van der Waals surface area contributed by atoms with Crippen molar-refractivity contribution in [2.45, 2.75) is 12.8 Å². The minimum atomic E-state index is -0.198. The molecule has 0 aliphatic heterocycles. The van der Waals surface area contributed by atoms with Crippen LogP contribution < -0.4 is 11.5 Å². The first-order chi connectivity index (χ1) is 5.16. The van der Waals surface area contributed by atoms with Gasteiger partial charge in [-0.15, -0.1) is 0 Å². The third kappa shape index (κ3) is 6.50. The van der Waals surface area contributed by atoms with Crippen LogP contribution in [0.3, 0.4) is 0 Å². The Morgan fingerprint density at radius 1 is 1.55 bits per heavy atom. The Kier molecular flexibility index (Phi) is 4.72. The zero-order valence-corrected chi connectivity index (χ0v) is 6.21. The Morgan fingerprint density at radius 3 is 2.64 bits per heavy atom. The second-order valence-corrected chi connectivity index (χ2v) is 2.02. The second kappa shape index (κ2) is 5.40. The normalized spacial score (nSPS) is 8.73. The molecule has 0 aromatic heterocycles. The number of rotatable bonds is 5. The first-order valence-corrected chi connectivity index (χ1v) is 3.25. The van der Waals surface area contributed by atoms with Gasteiger partial charge in [-0.25, -0.2) is 0 Å². The summed E-state index contributed by atoms with van der Waals surface area (Å²) in [5, 5.41) is 6.57. The second-order valence-electron chi connectivity index (χ2n) is 2.02. The van der Waals surface area contributed by atoms with Crippen LogP contribution in [0.2, 0.25) is 0 Å². The maximum absolute atomic E-state index is 10.5. The van der Waals surface area contributed by atoms with Crippen molar-refractivity contribution in [3.8, 4) is 0 Å². The van der Waals surface area contributed by atoms with Crippen LogP contribution in [-0.4, -0.2) is 24.5 Å². The number of hydrogen-bond acceptors (Lipinski definition) is 3. The highest BCUT2D eigenvalue weighted by Gasteiger charge is 1.94. The Hall–Kier alpha value is -1.39. The average molecular weight is 156 g/mol. The maximum Gasteiger partial charge on any atom is 0.185 e. The van der Waals surface area contributed by atoms with Gasteiger partial charge in [-0.1, -0.05) is 0 Å². The molecule has 0 spiro atoms.